The summed E-state index contributed by atoms with van der Waals surface area (Å²) < 4.78 is 0.945. The summed E-state index contributed by atoms with van der Waals surface area (Å²) in [5.41, 5.74) is 2.00. The lowest BCUT2D eigenvalue weighted by Crippen LogP contribution is -2.29. The molecule has 104 valence electrons. The number of nitrogens with zero attached hydrogens (tertiary/aromatic N) is 1. The van der Waals surface area contributed by atoms with Crippen LogP contribution in [0.2, 0.25) is 0 Å². The number of hydrogen-bond acceptors (Lipinski definition) is 3. The molecular formula is C15H16BrN3O. The molecule has 0 spiro atoms. The smallest absolute Gasteiger partial charge is 0.238 e. The first-order chi connectivity index (χ1) is 9.74. The van der Waals surface area contributed by atoms with Crippen molar-refractivity contribution in [2.24, 2.45) is 0 Å². The van der Waals surface area contributed by atoms with E-state index in [1.54, 1.807) is 12.4 Å². The molecule has 0 radical (unpaired) electrons. The molecule has 0 unspecified atom stereocenters. The average molecular weight is 334 g/mol. The van der Waals surface area contributed by atoms with Gasteiger partial charge in [0, 0.05) is 22.6 Å². The van der Waals surface area contributed by atoms with Gasteiger partial charge in [0.05, 0.1) is 6.54 Å². The highest BCUT2D eigenvalue weighted by molar-refractivity contribution is 9.10. The fourth-order valence-electron chi connectivity index (χ4n) is 1.76. The Kier molecular flexibility index (Phi) is 5.70. The van der Waals surface area contributed by atoms with Crippen molar-refractivity contribution < 1.29 is 4.79 Å². The van der Waals surface area contributed by atoms with E-state index in [0.29, 0.717) is 6.54 Å². The molecule has 20 heavy (non-hydrogen) atoms. The van der Waals surface area contributed by atoms with Gasteiger partial charge in [-0.25, -0.2) is 0 Å². The number of hydrogen-bond donors (Lipinski definition) is 2. The fraction of sp³-hybridized carbons (Fsp3) is 0.200. The second kappa shape index (κ2) is 7.77. The van der Waals surface area contributed by atoms with E-state index in [1.807, 2.05) is 36.4 Å². The summed E-state index contributed by atoms with van der Waals surface area (Å²) in [5.74, 6) is -0.0437. The molecule has 2 aromatic rings. The molecule has 0 bridgehead atoms. The van der Waals surface area contributed by atoms with Gasteiger partial charge in [-0.05, 0) is 48.9 Å². The number of carbonyl (C=O) groups is 1. The van der Waals surface area contributed by atoms with Gasteiger partial charge in [-0.15, -0.1) is 0 Å². The Morgan fingerprint density at radius 1 is 1.20 bits per heavy atom. The molecule has 0 aliphatic carbocycles. The Bertz CT molecular complexity index is 560. The first kappa shape index (κ1) is 14.7. The number of pyridine rings is 1. The van der Waals surface area contributed by atoms with Crippen molar-refractivity contribution in [3.05, 3.63) is 58.8 Å². The highest BCUT2D eigenvalue weighted by Crippen LogP contribution is 2.15. The first-order valence-corrected chi connectivity index (χ1v) is 7.18. The fourth-order valence-corrected chi connectivity index (χ4v) is 2.15. The van der Waals surface area contributed by atoms with Crippen LogP contribution in [-0.4, -0.2) is 24.0 Å². The minimum absolute atomic E-state index is 0.0437. The summed E-state index contributed by atoms with van der Waals surface area (Å²) in [6, 6.07) is 11.5. The summed E-state index contributed by atoms with van der Waals surface area (Å²) in [4.78, 5) is 15.7. The zero-order valence-corrected chi connectivity index (χ0v) is 12.6. The van der Waals surface area contributed by atoms with E-state index in [2.05, 4.69) is 31.5 Å². The molecule has 0 aliphatic rings. The number of carbonyl (C=O) groups excluding carboxylic acids is 1. The third-order valence-corrected chi connectivity index (χ3v) is 3.23. The maximum absolute atomic E-state index is 11.7. The number of nitrogens with one attached hydrogen (secondary N) is 2. The van der Waals surface area contributed by atoms with Crippen LogP contribution in [-0.2, 0) is 11.2 Å². The van der Waals surface area contributed by atoms with Crippen LogP contribution in [0.3, 0.4) is 0 Å². The summed E-state index contributed by atoms with van der Waals surface area (Å²) in [7, 11) is 0. The third kappa shape index (κ3) is 5.11. The van der Waals surface area contributed by atoms with Gasteiger partial charge in [-0.3, -0.25) is 9.78 Å². The number of anilines is 1. The van der Waals surface area contributed by atoms with Crippen LogP contribution in [0.25, 0.3) is 0 Å². The van der Waals surface area contributed by atoms with Crippen LogP contribution in [0.5, 0.6) is 0 Å². The normalized spacial score (nSPS) is 10.2. The zero-order valence-electron chi connectivity index (χ0n) is 11.0. The predicted octanol–water partition coefficient (Wildman–Crippen LogP) is 2.61. The Labute approximate surface area is 126 Å². The van der Waals surface area contributed by atoms with Crippen molar-refractivity contribution in [3.8, 4) is 0 Å². The van der Waals surface area contributed by atoms with Crippen molar-refractivity contribution in [2.75, 3.05) is 18.4 Å². The summed E-state index contributed by atoms with van der Waals surface area (Å²) in [5, 5.41) is 5.96. The second-order valence-corrected chi connectivity index (χ2v) is 5.26. The Balaban J connectivity index is 1.68. The quantitative estimate of drug-likeness (QED) is 0.799. The van der Waals surface area contributed by atoms with Gasteiger partial charge in [-0.1, -0.05) is 22.0 Å². The molecule has 0 atom stereocenters. The van der Waals surface area contributed by atoms with Crippen LogP contribution in [0.1, 0.15) is 5.56 Å². The number of aromatic nitrogens is 1. The van der Waals surface area contributed by atoms with Gasteiger partial charge in [-0.2, -0.15) is 0 Å². The lowest BCUT2D eigenvalue weighted by molar-refractivity contribution is -0.115. The minimum atomic E-state index is -0.0437. The van der Waals surface area contributed by atoms with E-state index in [1.165, 1.54) is 5.56 Å². The number of amides is 1. The largest absolute Gasteiger partial charge is 0.325 e. The maximum atomic E-state index is 11.7. The molecule has 0 aliphatic heterocycles. The molecule has 0 saturated heterocycles. The maximum Gasteiger partial charge on any atom is 0.238 e. The van der Waals surface area contributed by atoms with Crippen LogP contribution in [0.15, 0.2) is 53.3 Å². The van der Waals surface area contributed by atoms with Gasteiger partial charge in [0.25, 0.3) is 0 Å². The van der Waals surface area contributed by atoms with Gasteiger partial charge in [0.2, 0.25) is 5.91 Å². The van der Waals surface area contributed by atoms with Gasteiger partial charge in [0.15, 0.2) is 0 Å². The topological polar surface area (TPSA) is 54.0 Å². The predicted molar refractivity (Wildman–Crippen MR) is 83.6 cm³/mol. The standard InChI is InChI=1S/C15H16BrN3O/c16-13-2-1-3-14(10-13)19-15(20)11-18-9-6-12-4-7-17-8-5-12/h1-5,7-8,10,18H,6,9,11H2,(H,19,20). The molecule has 4 nitrogen and oxygen atoms in total. The Morgan fingerprint density at radius 2 is 2.00 bits per heavy atom. The molecular weight excluding hydrogens is 318 g/mol. The highest BCUT2D eigenvalue weighted by Gasteiger charge is 2.02. The first-order valence-electron chi connectivity index (χ1n) is 6.39. The summed E-state index contributed by atoms with van der Waals surface area (Å²) in [6.45, 7) is 1.06. The molecule has 2 rings (SSSR count). The molecule has 5 heteroatoms. The van der Waals surface area contributed by atoms with E-state index in [4.69, 9.17) is 0 Å². The van der Waals surface area contributed by atoms with Crippen molar-refractivity contribution in [2.45, 2.75) is 6.42 Å². The molecule has 1 aromatic heterocycles. The van der Waals surface area contributed by atoms with Crippen molar-refractivity contribution in [1.82, 2.24) is 10.3 Å². The van der Waals surface area contributed by atoms with Crippen LogP contribution < -0.4 is 10.6 Å². The Hall–Kier alpha value is -1.72. The van der Waals surface area contributed by atoms with Gasteiger partial charge < -0.3 is 10.6 Å². The van der Waals surface area contributed by atoms with E-state index in [0.717, 1.165) is 23.1 Å². The van der Waals surface area contributed by atoms with Crippen LogP contribution in [0.4, 0.5) is 5.69 Å². The van der Waals surface area contributed by atoms with E-state index in [-0.39, 0.29) is 5.91 Å². The molecule has 0 fully saturated rings. The molecule has 1 aromatic carbocycles. The second-order valence-electron chi connectivity index (χ2n) is 4.34. The zero-order chi connectivity index (χ0) is 14.2. The summed E-state index contributed by atoms with van der Waals surface area (Å²) >= 11 is 3.37. The van der Waals surface area contributed by atoms with Crippen molar-refractivity contribution >= 4 is 27.5 Å². The lowest BCUT2D eigenvalue weighted by atomic mass is 10.2. The Morgan fingerprint density at radius 3 is 2.75 bits per heavy atom. The third-order valence-electron chi connectivity index (χ3n) is 2.73. The van der Waals surface area contributed by atoms with E-state index < -0.39 is 0 Å². The van der Waals surface area contributed by atoms with Crippen molar-refractivity contribution in [1.29, 1.82) is 0 Å². The van der Waals surface area contributed by atoms with E-state index in [9.17, 15) is 4.79 Å². The van der Waals surface area contributed by atoms with Gasteiger partial charge in [0.1, 0.15) is 0 Å². The van der Waals surface area contributed by atoms with Crippen molar-refractivity contribution in [3.63, 3.8) is 0 Å². The number of rotatable bonds is 6. The van der Waals surface area contributed by atoms with Crippen LogP contribution >= 0.6 is 15.9 Å². The molecule has 1 amide bonds. The summed E-state index contributed by atoms with van der Waals surface area (Å²) in [6.07, 6.45) is 4.43. The number of benzene rings is 1. The monoisotopic (exact) mass is 333 g/mol. The van der Waals surface area contributed by atoms with Gasteiger partial charge >= 0.3 is 0 Å². The number of halogens is 1. The highest BCUT2D eigenvalue weighted by atomic mass is 79.9. The molecule has 2 N–H and O–H groups in total. The SMILES string of the molecule is O=C(CNCCc1ccncc1)Nc1cccc(Br)c1. The van der Waals surface area contributed by atoms with E-state index >= 15 is 0 Å². The molecule has 0 saturated carbocycles. The lowest BCUT2D eigenvalue weighted by Gasteiger charge is -2.07. The molecule has 1 heterocycles. The van der Waals surface area contributed by atoms with Crippen LogP contribution in [0, 0.1) is 0 Å². The minimum Gasteiger partial charge on any atom is -0.325 e. The average Bonchev–Trinajstić information content (AvgIpc) is 2.45.